The van der Waals surface area contributed by atoms with E-state index in [-0.39, 0.29) is 0 Å². The third kappa shape index (κ3) is 2.85. The zero-order chi connectivity index (χ0) is 13.0. The fourth-order valence-electron chi connectivity index (χ4n) is 2.01. The maximum atomic E-state index is 5.94. The number of alkyl halides is 1. The topological polar surface area (TPSA) is 9.23 Å². The number of benzene rings is 2. The second kappa shape index (κ2) is 5.92. The predicted octanol–water partition coefficient (Wildman–Crippen LogP) is 4.62. The normalized spacial score (nSPS) is 10.4. The Hall–Kier alpha value is -1.47. The Kier molecular flexibility index (Phi) is 4.27. The van der Waals surface area contributed by atoms with E-state index in [0.717, 1.165) is 16.9 Å². The summed E-state index contributed by atoms with van der Waals surface area (Å²) < 4.78 is 5.94. The van der Waals surface area contributed by atoms with E-state index in [1.807, 2.05) is 24.3 Å². The zero-order valence-corrected chi connectivity index (χ0v) is 11.5. The first-order valence-corrected chi connectivity index (χ1v) is 6.57. The summed E-state index contributed by atoms with van der Waals surface area (Å²) in [7, 11) is 0. The molecule has 0 saturated carbocycles. The van der Waals surface area contributed by atoms with Crippen molar-refractivity contribution >= 4 is 11.6 Å². The number of para-hydroxylation sites is 1. The van der Waals surface area contributed by atoms with Crippen molar-refractivity contribution in [3.05, 3.63) is 64.7 Å². The Bertz CT molecular complexity index is 514. The van der Waals surface area contributed by atoms with Gasteiger partial charge in [0.2, 0.25) is 0 Å². The Labute approximate surface area is 113 Å². The van der Waals surface area contributed by atoms with Crippen LogP contribution >= 0.6 is 11.6 Å². The van der Waals surface area contributed by atoms with Crippen molar-refractivity contribution < 1.29 is 4.74 Å². The van der Waals surface area contributed by atoms with Crippen LogP contribution < -0.4 is 4.74 Å². The van der Waals surface area contributed by atoms with Gasteiger partial charge in [-0.3, -0.25) is 0 Å². The largest absolute Gasteiger partial charge is 0.488 e. The van der Waals surface area contributed by atoms with Crippen LogP contribution in [0.3, 0.4) is 0 Å². The number of hydrogen-bond donors (Lipinski definition) is 0. The van der Waals surface area contributed by atoms with E-state index >= 15 is 0 Å². The molecule has 0 saturated heterocycles. The summed E-state index contributed by atoms with van der Waals surface area (Å²) >= 11 is 5.92. The van der Waals surface area contributed by atoms with Gasteiger partial charge in [-0.25, -0.2) is 0 Å². The second-order valence-electron chi connectivity index (χ2n) is 4.41. The van der Waals surface area contributed by atoms with E-state index in [1.54, 1.807) is 0 Å². The molecule has 0 aliphatic heterocycles. The molecule has 0 bridgehead atoms. The summed E-state index contributed by atoms with van der Waals surface area (Å²) in [6, 6.07) is 14.3. The van der Waals surface area contributed by atoms with E-state index in [2.05, 4.69) is 32.0 Å². The molecular weight excluding hydrogens is 244 g/mol. The molecule has 94 valence electrons. The number of halogens is 1. The van der Waals surface area contributed by atoms with Gasteiger partial charge in [0.25, 0.3) is 0 Å². The minimum atomic E-state index is 0.520. The lowest BCUT2D eigenvalue weighted by molar-refractivity contribution is 0.301. The Balaban J connectivity index is 2.16. The first-order chi connectivity index (χ1) is 8.72. The number of hydrogen-bond acceptors (Lipinski definition) is 1. The van der Waals surface area contributed by atoms with Gasteiger partial charge >= 0.3 is 0 Å². The summed E-state index contributed by atoms with van der Waals surface area (Å²) in [6.45, 7) is 4.69. The maximum Gasteiger partial charge on any atom is 0.125 e. The summed E-state index contributed by atoms with van der Waals surface area (Å²) in [6.07, 6.45) is 0. The minimum absolute atomic E-state index is 0.520. The van der Waals surface area contributed by atoms with Gasteiger partial charge in [0.05, 0.1) is 0 Å². The standard InChI is InChI=1S/C16H17ClO/c1-12-6-5-7-13(2)16(12)18-11-15-9-4-3-8-14(15)10-17/h3-9H,10-11H2,1-2H3. The van der Waals surface area contributed by atoms with Crippen LogP contribution in [0.1, 0.15) is 22.3 Å². The highest BCUT2D eigenvalue weighted by molar-refractivity contribution is 6.17. The zero-order valence-electron chi connectivity index (χ0n) is 10.7. The molecule has 2 aromatic carbocycles. The molecule has 2 aromatic rings. The molecule has 0 atom stereocenters. The molecule has 0 fully saturated rings. The van der Waals surface area contributed by atoms with Gasteiger partial charge in [0.15, 0.2) is 0 Å². The lowest BCUT2D eigenvalue weighted by Crippen LogP contribution is -2.01. The van der Waals surface area contributed by atoms with E-state index in [9.17, 15) is 0 Å². The van der Waals surface area contributed by atoms with E-state index in [0.29, 0.717) is 12.5 Å². The van der Waals surface area contributed by atoms with Crippen LogP contribution in [0.15, 0.2) is 42.5 Å². The molecule has 0 aliphatic carbocycles. The monoisotopic (exact) mass is 260 g/mol. The van der Waals surface area contributed by atoms with Gasteiger partial charge in [0, 0.05) is 5.88 Å². The lowest BCUT2D eigenvalue weighted by atomic mass is 10.1. The Morgan fingerprint density at radius 1 is 0.889 bits per heavy atom. The van der Waals surface area contributed by atoms with Crippen molar-refractivity contribution in [3.63, 3.8) is 0 Å². The molecule has 2 rings (SSSR count). The molecule has 2 heteroatoms. The minimum Gasteiger partial charge on any atom is -0.488 e. The fraction of sp³-hybridized carbons (Fsp3) is 0.250. The molecule has 0 amide bonds. The molecule has 1 nitrogen and oxygen atoms in total. The Morgan fingerprint density at radius 2 is 1.50 bits per heavy atom. The first kappa shape index (κ1) is 13.0. The van der Waals surface area contributed by atoms with Crippen LogP contribution in [0.2, 0.25) is 0 Å². The quantitative estimate of drug-likeness (QED) is 0.729. The molecular formula is C16H17ClO. The van der Waals surface area contributed by atoms with Gasteiger partial charge in [-0.15, -0.1) is 11.6 Å². The number of rotatable bonds is 4. The van der Waals surface area contributed by atoms with E-state index < -0.39 is 0 Å². The molecule has 0 radical (unpaired) electrons. The third-order valence-corrected chi connectivity index (χ3v) is 3.33. The van der Waals surface area contributed by atoms with Gasteiger partial charge in [0.1, 0.15) is 12.4 Å². The van der Waals surface area contributed by atoms with Crippen LogP contribution in [0.5, 0.6) is 5.75 Å². The average molecular weight is 261 g/mol. The van der Waals surface area contributed by atoms with Gasteiger partial charge in [-0.2, -0.15) is 0 Å². The van der Waals surface area contributed by atoms with Crippen molar-refractivity contribution in [2.45, 2.75) is 26.3 Å². The fourth-order valence-corrected chi connectivity index (χ4v) is 2.27. The highest BCUT2D eigenvalue weighted by Gasteiger charge is 2.05. The number of ether oxygens (including phenoxy) is 1. The maximum absolute atomic E-state index is 5.94. The summed E-state index contributed by atoms with van der Waals surface area (Å²) in [5.41, 5.74) is 4.61. The van der Waals surface area contributed by atoms with E-state index in [1.165, 1.54) is 11.1 Å². The van der Waals surface area contributed by atoms with Crippen LogP contribution in [-0.4, -0.2) is 0 Å². The second-order valence-corrected chi connectivity index (χ2v) is 4.68. The van der Waals surface area contributed by atoms with Crippen molar-refractivity contribution in [2.24, 2.45) is 0 Å². The molecule has 0 unspecified atom stereocenters. The van der Waals surface area contributed by atoms with E-state index in [4.69, 9.17) is 16.3 Å². The molecule has 0 heterocycles. The molecule has 0 spiro atoms. The van der Waals surface area contributed by atoms with Crippen molar-refractivity contribution in [3.8, 4) is 5.75 Å². The smallest absolute Gasteiger partial charge is 0.125 e. The van der Waals surface area contributed by atoms with Crippen LogP contribution in [0.4, 0.5) is 0 Å². The SMILES string of the molecule is Cc1cccc(C)c1OCc1ccccc1CCl. The number of aryl methyl sites for hydroxylation is 2. The van der Waals surface area contributed by atoms with Gasteiger partial charge in [-0.1, -0.05) is 42.5 Å². The van der Waals surface area contributed by atoms with Crippen LogP contribution in [0.25, 0.3) is 0 Å². The lowest BCUT2D eigenvalue weighted by Gasteiger charge is -2.13. The first-order valence-electron chi connectivity index (χ1n) is 6.04. The Morgan fingerprint density at radius 3 is 2.11 bits per heavy atom. The van der Waals surface area contributed by atoms with Gasteiger partial charge < -0.3 is 4.74 Å². The highest BCUT2D eigenvalue weighted by atomic mass is 35.5. The predicted molar refractivity (Wildman–Crippen MR) is 76.2 cm³/mol. The van der Waals surface area contributed by atoms with Crippen LogP contribution in [-0.2, 0) is 12.5 Å². The highest BCUT2D eigenvalue weighted by Crippen LogP contribution is 2.24. The third-order valence-electron chi connectivity index (χ3n) is 3.04. The van der Waals surface area contributed by atoms with Crippen molar-refractivity contribution in [1.82, 2.24) is 0 Å². The molecule has 0 aliphatic rings. The molecule has 18 heavy (non-hydrogen) atoms. The summed E-state index contributed by atoms with van der Waals surface area (Å²) in [5.74, 6) is 1.49. The summed E-state index contributed by atoms with van der Waals surface area (Å²) in [4.78, 5) is 0. The van der Waals surface area contributed by atoms with Crippen molar-refractivity contribution in [2.75, 3.05) is 0 Å². The summed E-state index contributed by atoms with van der Waals surface area (Å²) in [5, 5.41) is 0. The van der Waals surface area contributed by atoms with Gasteiger partial charge in [-0.05, 0) is 36.1 Å². The van der Waals surface area contributed by atoms with Crippen molar-refractivity contribution in [1.29, 1.82) is 0 Å². The average Bonchev–Trinajstić information content (AvgIpc) is 2.38. The molecule has 0 N–H and O–H groups in total. The van der Waals surface area contributed by atoms with Crippen LogP contribution in [0, 0.1) is 13.8 Å². The molecule has 0 aromatic heterocycles.